The first-order valence-electron chi connectivity index (χ1n) is 9.52. The second kappa shape index (κ2) is 11.2. The average Bonchev–Trinajstić information content (AvgIpc) is 2.69. The molecule has 2 rings (SSSR count). The summed E-state index contributed by atoms with van der Waals surface area (Å²) in [5.41, 5.74) is 2.05. The second-order valence-corrected chi connectivity index (χ2v) is 8.16. The molecule has 29 heavy (non-hydrogen) atoms. The summed E-state index contributed by atoms with van der Waals surface area (Å²) in [4.78, 5) is 27.0. The smallest absolute Gasteiger partial charge is 0.261 e. The first-order chi connectivity index (χ1) is 13.8. The molecule has 1 atom stereocenters. The van der Waals surface area contributed by atoms with E-state index in [1.165, 1.54) is 4.90 Å². The van der Waals surface area contributed by atoms with Crippen molar-refractivity contribution >= 4 is 39.3 Å². The Morgan fingerprint density at radius 2 is 2.00 bits per heavy atom. The van der Waals surface area contributed by atoms with Crippen LogP contribution in [-0.4, -0.2) is 35.9 Å². The number of benzene rings is 2. The molecule has 2 amide bonds. The third-order valence-corrected chi connectivity index (χ3v) is 5.19. The highest BCUT2D eigenvalue weighted by Gasteiger charge is 2.26. The largest absolute Gasteiger partial charge is 0.482 e. The van der Waals surface area contributed by atoms with Crippen LogP contribution in [0, 0.1) is 6.92 Å². The molecule has 0 aliphatic heterocycles. The van der Waals surface area contributed by atoms with Crippen molar-refractivity contribution in [1.82, 2.24) is 10.2 Å². The Hall–Kier alpha value is -2.05. The summed E-state index contributed by atoms with van der Waals surface area (Å²) in [6.45, 7) is 6.38. The van der Waals surface area contributed by atoms with Crippen molar-refractivity contribution < 1.29 is 14.3 Å². The van der Waals surface area contributed by atoms with Crippen molar-refractivity contribution in [2.45, 2.75) is 39.8 Å². The fraction of sp³-hybridized carbons (Fsp3) is 0.364. The van der Waals surface area contributed by atoms with Gasteiger partial charge in [-0.3, -0.25) is 9.59 Å². The van der Waals surface area contributed by atoms with Crippen LogP contribution in [0.15, 0.2) is 46.9 Å². The van der Waals surface area contributed by atoms with E-state index in [0.717, 1.165) is 22.0 Å². The molecule has 2 aromatic carbocycles. The van der Waals surface area contributed by atoms with Crippen LogP contribution in [0.5, 0.6) is 5.75 Å². The zero-order valence-electron chi connectivity index (χ0n) is 16.9. The highest BCUT2D eigenvalue weighted by atomic mass is 79.9. The van der Waals surface area contributed by atoms with E-state index >= 15 is 0 Å². The van der Waals surface area contributed by atoms with Crippen LogP contribution in [-0.2, 0) is 16.1 Å². The van der Waals surface area contributed by atoms with Gasteiger partial charge in [0, 0.05) is 17.6 Å². The zero-order valence-corrected chi connectivity index (χ0v) is 19.2. The van der Waals surface area contributed by atoms with E-state index in [-0.39, 0.29) is 18.4 Å². The second-order valence-electron chi connectivity index (χ2n) is 6.84. The molecule has 0 fully saturated rings. The molecule has 0 spiro atoms. The molecular weight excluding hydrogens is 456 g/mol. The minimum absolute atomic E-state index is 0.186. The molecule has 0 saturated heterocycles. The van der Waals surface area contributed by atoms with Crippen LogP contribution in [0.25, 0.3) is 0 Å². The lowest BCUT2D eigenvalue weighted by molar-refractivity contribution is -0.142. The van der Waals surface area contributed by atoms with Crippen LogP contribution in [0.3, 0.4) is 0 Å². The van der Waals surface area contributed by atoms with Crippen molar-refractivity contribution in [2.24, 2.45) is 0 Å². The number of aryl methyl sites for hydroxylation is 1. The Labute approximate surface area is 185 Å². The van der Waals surface area contributed by atoms with Gasteiger partial charge in [-0.05, 0) is 44.0 Å². The van der Waals surface area contributed by atoms with Gasteiger partial charge in [-0.1, -0.05) is 64.3 Å². The van der Waals surface area contributed by atoms with Gasteiger partial charge in [0.25, 0.3) is 5.91 Å². The highest BCUT2D eigenvalue weighted by Crippen LogP contribution is 2.27. The molecule has 0 aromatic heterocycles. The van der Waals surface area contributed by atoms with Crippen LogP contribution in [0.4, 0.5) is 0 Å². The molecule has 0 aliphatic carbocycles. The minimum atomic E-state index is -0.626. The van der Waals surface area contributed by atoms with Gasteiger partial charge in [0.2, 0.25) is 5.91 Å². The van der Waals surface area contributed by atoms with E-state index in [2.05, 4.69) is 21.2 Å². The van der Waals surface area contributed by atoms with Crippen molar-refractivity contribution in [1.29, 1.82) is 0 Å². The molecule has 0 saturated carbocycles. The quantitative estimate of drug-likeness (QED) is 0.563. The summed E-state index contributed by atoms with van der Waals surface area (Å²) >= 11 is 9.50. The Kier molecular flexibility index (Phi) is 8.99. The number of halogens is 2. The molecule has 0 heterocycles. The average molecular weight is 482 g/mol. The van der Waals surface area contributed by atoms with E-state index in [9.17, 15) is 9.59 Å². The third-order valence-electron chi connectivity index (χ3n) is 4.40. The fourth-order valence-corrected chi connectivity index (χ4v) is 3.53. The van der Waals surface area contributed by atoms with Gasteiger partial charge >= 0.3 is 0 Å². The lowest BCUT2D eigenvalue weighted by Gasteiger charge is -2.29. The normalized spacial score (nSPS) is 11.6. The van der Waals surface area contributed by atoms with Gasteiger partial charge in [0.15, 0.2) is 6.61 Å². The Morgan fingerprint density at radius 1 is 1.24 bits per heavy atom. The number of ether oxygens (including phenoxy) is 1. The molecule has 156 valence electrons. The number of carbonyl (C=O) groups excluding carboxylic acids is 2. The highest BCUT2D eigenvalue weighted by molar-refractivity contribution is 9.10. The van der Waals surface area contributed by atoms with Crippen molar-refractivity contribution in [3.8, 4) is 5.75 Å². The first-order valence-corrected chi connectivity index (χ1v) is 10.7. The minimum Gasteiger partial charge on any atom is -0.482 e. The number of nitrogens with zero attached hydrogens (tertiary/aromatic N) is 1. The first kappa shape index (κ1) is 23.2. The van der Waals surface area contributed by atoms with E-state index in [0.29, 0.717) is 23.9 Å². The predicted octanol–water partition coefficient (Wildman–Crippen LogP) is 4.73. The maximum atomic E-state index is 13.0. The van der Waals surface area contributed by atoms with E-state index < -0.39 is 6.04 Å². The van der Waals surface area contributed by atoms with Gasteiger partial charge in [-0.15, -0.1) is 0 Å². The van der Waals surface area contributed by atoms with Crippen molar-refractivity contribution in [3.63, 3.8) is 0 Å². The number of hydrogen-bond acceptors (Lipinski definition) is 3. The Balaban J connectivity index is 2.15. The molecule has 7 heteroatoms. The number of carbonyl (C=O) groups is 2. The summed E-state index contributed by atoms with van der Waals surface area (Å²) in [6, 6.07) is 12.4. The summed E-state index contributed by atoms with van der Waals surface area (Å²) in [7, 11) is 0. The summed E-state index contributed by atoms with van der Waals surface area (Å²) in [5.74, 6) is -0.0547. The summed E-state index contributed by atoms with van der Waals surface area (Å²) in [5, 5.41) is 3.26. The van der Waals surface area contributed by atoms with E-state index in [1.807, 2.05) is 38.1 Å². The zero-order chi connectivity index (χ0) is 21.4. The molecule has 1 N–H and O–H groups in total. The molecule has 0 aliphatic rings. The SMILES string of the molecule is CCCNC(=O)[C@H](C)N(Cc1cccc(C)c1)C(=O)COc1ccc(Br)cc1Cl. The summed E-state index contributed by atoms with van der Waals surface area (Å²) < 4.78 is 6.45. The third kappa shape index (κ3) is 7.05. The number of nitrogens with one attached hydrogen (secondary N) is 1. The molecule has 0 bridgehead atoms. The maximum Gasteiger partial charge on any atom is 0.261 e. The lowest BCUT2D eigenvalue weighted by Crippen LogP contribution is -2.49. The number of rotatable bonds is 9. The molecule has 2 aromatic rings. The van der Waals surface area contributed by atoms with Gasteiger partial charge in [0.1, 0.15) is 11.8 Å². The van der Waals surface area contributed by atoms with E-state index in [1.54, 1.807) is 25.1 Å². The Morgan fingerprint density at radius 3 is 2.66 bits per heavy atom. The van der Waals surface area contributed by atoms with Gasteiger partial charge in [0.05, 0.1) is 5.02 Å². The monoisotopic (exact) mass is 480 g/mol. The van der Waals surface area contributed by atoms with Crippen LogP contribution in [0.2, 0.25) is 5.02 Å². The van der Waals surface area contributed by atoms with Crippen LogP contribution >= 0.6 is 27.5 Å². The standard InChI is InChI=1S/C22H26BrClN2O3/c1-4-10-25-22(28)16(3)26(13-17-7-5-6-15(2)11-17)21(27)14-29-20-9-8-18(23)12-19(20)24/h5-9,11-12,16H,4,10,13-14H2,1-3H3,(H,25,28)/t16-/m0/s1. The van der Waals surface area contributed by atoms with Crippen LogP contribution < -0.4 is 10.1 Å². The predicted molar refractivity (Wildman–Crippen MR) is 119 cm³/mol. The molecule has 5 nitrogen and oxygen atoms in total. The molecule has 0 radical (unpaired) electrons. The fourth-order valence-electron chi connectivity index (χ4n) is 2.80. The lowest BCUT2D eigenvalue weighted by atomic mass is 10.1. The van der Waals surface area contributed by atoms with Gasteiger partial charge in [-0.2, -0.15) is 0 Å². The molecular formula is C22H26BrClN2O3. The van der Waals surface area contributed by atoms with Gasteiger partial charge < -0.3 is 15.0 Å². The topological polar surface area (TPSA) is 58.6 Å². The number of amides is 2. The van der Waals surface area contributed by atoms with Gasteiger partial charge in [-0.25, -0.2) is 0 Å². The van der Waals surface area contributed by atoms with E-state index in [4.69, 9.17) is 16.3 Å². The molecule has 0 unspecified atom stereocenters. The van der Waals surface area contributed by atoms with Crippen molar-refractivity contribution in [2.75, 3.05) is 13.2 Å². The number of hydrogen-bond donors (Lipinski definition) is 1. The summed E-state index contributed by atoms with van der Waals surface area (Å²) in [6.07, 6.45) is 0.829. The Bertz CT molecular complexity index is 860. The maximum absolute atomic E-state index is 13.0. The van der Waals surface area contributed by atoms with Crippen LogP contribution in [0.1, 0.15) is 31.4 Å². The van der Waals surface area contributed by atoms with Crippen molar-refractivity contribution in [3.05, 3.63) is 63.1 Å².